The lowest BCUT2D eigenvalue weighted by molar-refractivity contribution is -0.141. The predicted molar refractivity (Wildman–Crippen MR) is 101 cm³/mol. The Bertz CT molecular complexity index is 1060. The Labute approximate surface area is 155 Å². The minimum Gasteiger partial charge on any atom is -0.480 e. The number of nitrogens with one attached hydrogen (secondary N) is 3. The van der Waals surface area contributed by atoms with Gasteiger partial charge in [-0.15, -0.1) is 0 Å². The molecule has 0 bridgehead atoms. The third-order valence-corrected chi connectivity index (χ3v) is 4.38. The number of pyridine rings is 1. The van der Waals surface area contributed by atoms with E-state index in [9.17, 15) is 14.4 Å². The Morgan fingerprint density at radius 3 is 2.48 bits per heavy atom. The van der Waals surface area contributed by atoms with Crippen molar-refractivity contribution in [3.63, 3.8) is 0 Å². The summed E-state index contributed by atoms with van der Waals surface area (Å²) in [7, 11) is 0. The summed E-state index contributed by atoms with van der Waals surface area (Å²) in [5.41, 5.74) is 2.67. The molecule has 3 rings (SSSR count). The Hall–Kier alpha value is -3.42. The average Bonchev–Trinajstić information content (AvgIpc) is 3.00. The van der Waals surface area contributed by atoms with Gasteiger partial charge >= 0.3 is 5.97 Å². The lowest BCUT2D eigenvalue weighted by Crippen LogP contribution is -2.49. The van der Waals surface area contributed by atoms with Gasteiger partial charge in [-0.1, -0.05) is 18.2 Å². The number of aromatic nitrogens is 2. The SMILES string of the molecule is Cc1nc(C(=O)NC(C)C(=O)NC(C)C(=O)O)cc2c1[nH]c1ccccc12. The highest BCUT2D eigenvalue weighted by Gasteiger charge is 2.22. The molecule has 2 heterocycles. The van der Waals surface area contributed by atoms with Crippen LogP contribution in [0.2, 0.25) is 0 Å². The van der Waals surface area contributed by atoms with E-state index in [4.69, 9.17) is 5.11 Å². The number of carbonyl (C=O) groups excluding carboxylic acids is 2. The summed E-state index contributed by atoms with van der Waals surface area (Å²) in [5, 5.41) is 15.6. The Balaban J connectivity index is 1.84. The summed E-state index contributed by atoms with van der Waals surface area (Å²) in [6, 6.07) is 7.48. The molecule has 27 heavy (non-hydrogen) atoms. The molecule has 0 aliphatic heterocycles. The van der Waals surface area contributed by atoms with Crippen molar-refractivity contribution in [3.8, 4) is 0 Å². The minimum atomic E-state index is -1.15. The minimum absolute atomic E-state index is 0.190. The van der Waals surface area contributed by atoms with Crippen LogP contribution in [-0.2, 0) is 9.59 Å². The van der Waals surface area contributed by atoms with Crippen molar-refractivity contribution in [2.24, 2.45) is 0 Å². The normalized spacial score (nSPS) is 13.3. The zero-order valence-electron chi connectivity index (χ0n) is 15.2. The molecule has 140 valence electrons. The van der Waals surface area contributed by atoms with Gasteiger partial charge < -0.3 is 20.7 Å². The van der Waals surface area contributed by atoms with Crippen LogP contribution >= 0.6 is 0 Å². The highest BCUT2D eigenvalue weighted by molar-refractivity contribution is 6.10. The molecule has 3 aromatic rings. The van der Waals surface area contributed by atoms with Gasteiger partial charge in [0.05, 0.1) is 11.2 Å². The van der Waals surface area contributed by atoms with Crippen molar-refractivity contribution in [1.82, 2.24) is 20.6 Å². The number of amides is 2. The van der Waals surface area contributed by atoms with Gasteiger partial charge in [0, 0.05) is 16.3 Å². The molecule has 0 radical (unpaired) electrons. The molecule has 0 spiro atoms. The van der Waals surface area contributed by atoms with Crippen LogP contribution in [0.4, 0.5) is 0 Å². The second-order valence-corrected chi connectivity index (χ2v) is 6.45. The monoisotopic (exact) mass is 368 g/mol. The highest BCUT2D eigenvalue weighted by Crippen LogP contribution is 2.27. The van der Waals surface area contributed by atoms with Crippen molar-refractivity contribution in [3.05, 3.63) is 41.7 Å². The van der Waals surface area contributed by atoms with E-state index in [1.807, 2.05) is 24.3 Å². The van der Waals surface area contributed by atoms with E-state index >= 15 is 0 Å². The number of nitrogens with zero attached hydrogens (tertiary/aromatic N) is 1. The fourth-order valence-electron chi connectivity index (χ4n) is 2.86. The summed E-state index contributed by atoms with van der Waals surface area (Å²) in [4.78, 5) is 43.0. The molecule has 0 saturated heterocycles. The third-order valence-electron chi connectivity index (χ3n) is 4.38. The number of carboxylic acids is 1. The molecule has 4 N–H and O–H groups in total. The van der Waals surface area contributed by atoms with E-state index in [0.717, 1.165) is 21.8 Å². The number of H-pyrrole nitrogens is 1. The Morgan fingerprint density at radius 1 is 1.07 bits per heavy atom. The molecule has 0 aliphatic carbocycles. The van der Waals surface area contributed by atoms with Crippen molar-refractivity contribution in [2.45, 2.75) is 32.9 Å². The van der Waals surface area contributed by atoms with Gasteiger partial charge in [0.1, 0.15) is 17.8 Å². The summed E-state index contributed by atoms with van der Waals surface area (Å²) in [6.45, 7) is 4.64. The number of para-hydroxylation sites is 1. The first kappa shape index (κ1) is 18.4. The maximum absolute atomic E-state index is 12.6. The zero-order valence-corrected chi connectivity index (χ0v) is 15.2. The number of aryl methyl sites for hydroxylation is 1. The predicted octanol–water partition coefficient (Wildman–Crippen LogP) is 1.73. The van der Waals surface area contributed by atoms with Gasteiger partial charge in [-0.25, -0.2) is 4.98 Å². The Morgan fingerprint density at radius 2 is 1.78 bits per heavy atom. The smallest absolute Gasteiger partial charge is 0.325 e. The molecule has 8 heteroatoms. The molecule has 2 amide bonds. The van der Waals surface area contributed by atoms with Crippen LogP contribution < -0.4 is 10.6 Å². The number of fused-ring (bicyclic) bond motifs is 3. The van der Waals surface area contributed by atoms with Crippen LogP contribution in [0.5, 0.6) is 0 Å². The van der Waals surface area contributed by atoms with Crippen LogP contribution in [0.3, 0.4) is 0 Å². The van der Waals surface area contributed by atoms with E-state index in [-0.39, 0.29) is 5.69 Å². The molecule has 0 saturated carbocycles. The molecule has 8 nitrogen and oxygen atoms in total. The standard InChI is InChI=1S/C19H20N4O4/c1-9-16-13(12-6-4-5-7-14(12)23-16)8-15(20-9)18(25)21-10(2)17(24)22-11(3)19(26)27/h4-8,10-11,23H,1-3H3,(H,21,25)(H,22,24)(H,26,27). The lowest BCUT2D eigenvalue weighted by Gasteiger charge is -2.16. The average molecular weight is 368 g/mol. The van der Waals surface area contributed by atoms with E-state index in [1.165, 1.54) is 13.8 Å². The number of hydrogen-bond acceptors (Lipinski definition) is 4. The maximum Gasteiger partial charge on any atom is 0.325 e. The van der Waals surface area contributed by atoms with Gasteiger partial charge in [-0.3, -0.25) is 14.4 Å². The fraction of sp³-hybridized carbons (Fsp3) is 0.263. The highest BCUT2D eigenvalue weighted by atomic mass is 16.4. The van der Waals surface area contributed by atoms with Gasteiger partial charge in [0.25, 0.3) is 5.91 Å². The summed E-state index contributed by atoms with van der Waals surface area (Å²) >= 11 is 0. The van der Waals surface area contributed by atoms with Gasteiger partial charge in [0.2, 0.25) is 5.91 Å². The first-order chi connectivity index (χ1) is 12.8. The number of carboxylic acid groups (broad SMARTS) is 1. The largest absolute Gasteiger partial charge is 0.480 e. The molecule has 0 aliphatic rings. The molecule has 1 aromatic carbocycles. The maximum atomic E-state index is 12.6. The van der Waals surface area contributed by atoms with Gasteiger partial charge in [-0.05, 0) is 32.9 Å². The third kappa shape index (κ3) is 3.59. The number of hydrogen-bond donors (Lipinski definition) is 4. The Kier molecular flexibility index (Phi) is 4.81. The fourth-order valence-corrected chi connectivity index (χ4v) is 2.86. The lowest BCUT2D eigenvalue weighted by atomic mass is 10.1. The second kappa shape index (κ2) is 7.06. The van der Waals surface area contributed by atoms with E-state index in [2.05, 4.69) is 20.6 Å². The molecular formula is C19H20N4O4. The summed E-state index contributed by atoms with van der Waals surface area (Å²) < 4.78 is 0. The van der Waals surface area contributed by atoms with E-state index in [0.29, 0.717) is 5.69 Å². The second-order valence-electron chi connectivity index (χ2n) is 6.45. The number of rotatable bonds is 5. The number of aliphatic carboxylic acids is 1. The zero-order chi connectivity index (χ0) is 19.7. The van der Waals surface area contributed by atoms with E-state index in [1.54, 1.807) is 13.0 Å². The number of benzene rings is 1. The van der Waals surface area contributed by atoms with Crippen LogP contribution in [0.15, 0.2) is 30.3 Å². The first-order valence-corrected chi connectivity index (χ1v) is 8.50. The van der Waals surface area contributed by atoms with Gasteiger partial charge in [0.15, 0.2) is 0 Å². The van der Waals surface area contributed by atoms with Gasteiger partial charge in [-0.2, -0.15) is 0 Å². The van der Waals surface area contributed by atoms with Crippen molar-refractivity contribution in [2.75, 3.05) is 0 Å². The number of aromatic amines is 1. The van der Waals surface area contributed by atoms with Crippen molar-refractivity contribution >= 4 is 39.6 Å². The van der Waals surface area contributed by atoms with Crippen molar-refractivity contribution < 1.29 is 19.5 Å². The van der Waals surface area contributed by atoms with Crippen molar-refractivity contribution in [1.29, 1.82) is 0 Å². The molecule has 2 unspecified atom stereocenters. The molecular weight excluding hydrogens is 348 g/mol. The molecule has 0 fully saturated rings. The quantitative estimate of drug-likeness (QED) is 0.546. The topological polar surface area (TPSA) is 124 Å². The molecule has 2 aromatic heterocycles. The first-order valence-electron chi connectivity index (χ1n) is 8.50. The van der Waals surface area contributed by atoms with Crippen LogP contribution in [-0.4, -0.2) is 44.9 Å². The number of carbonyl (C=O) groups is 3. The molecule has 2 atom stereocenters. The van der Waals surface area contributed by atoms with Crippen LogP contribution in [0, 0.1) is 6.92 Å². The summed E-state index contributed by atoms with van der Waals surface area (Å²) in [6.07, 6.45) is 0. The van der Waals surface area contributed by atoms with Crippen LogP contribution in [0.1, 0.15) is 30.0 Å². The summed E-state index contributed by atoms with van der Waals surface area (Å²) in [5.74, 6) is -2.23. The van der Waals surface area contributed by atoms with Crippen LogP contribution in [0.25, 0.3) is 21.8 Å². The van der Waals surface area contributed by atoms with E-state index < -0.39 is 29.9 Å².